The summed E-state index contributed by atoms with van der Waals surface area (Å²) in [4.78, 5) is 11.4. The summed E-state index contributed by atoms with van der Waals surface area (Å²) >= 11 is 1.68. The highest BCUT2D eigenvalue weighted by Gasteiger charge is 2.08. The van der Waals surface area contributed by atoms with Gasteiger partial charge in [0.25, 0.3) is 0 Å². The van der Waals surface area contributed by atoms with Crippen molar-refractivity contribution in [1.82, 2.24) is 15.2 Å². The molecule has 2 aromatic rings. The van der Waals surface area contributed by atoms with E-state index >= 15 is 0 Å². The summed E-state index contributed by atoms with van der Waals surface area (Å²) in [6.07, 6.45) is 0.249. The van der Waals surface area contributed by atoms with Gasteiger partial charge in [-0.3, -0.25) is 0 Å². The Labute approximate surface area is 161 Å². The molecule has 0 spiro atoms. The third-order valence-corrected chi connectivity index (χ3v) is 4.60. The molecule has 26 heavy (non-hydrogen) atoms. The predicted molar refractivity (Wildman–Crippen MR) is 110 cm³/mol. The van der Waals surface area contributed by atoms with Gasteiger partial charge in [0, 0.05) is 19.0 Å². The zero-order chi connectivity index (χ0) is 18.9. The van der Waals surface area contributed by atoms with E-state index in [9.17, 15) is 0 Å². The van der Waals surface area contributed by atoms with Crippen LogP contribution in [0.2, 0.25) is 0 Å². The van der Waals surface area contributed by atoms with Crippen LogP contribution in [0.4, 0.5) is 0 Å². The molecule has 5 nitrogen and oxygen atoms in total. The summed E-state index contributed by atoms with van der Waals surface area (Å²) in [5.41, 5.74) is 3.45. The number of aryl methyl sites for hydroxylation is 1. The van der Waals surface area contributed by atoms with Gasteiger partial charge in [0.15, 0.2) is 5.96 Å². The summed E-state index contributed by atoms with van der Waals surface area (Å²) in [6.45, 7) is 11.1. The van der Waals surface area contributed by atoms with Crippen LogP contribution in [0.5, 0.6) is 0 Å². The fourth-order valence-electron chi connectivity index (χ4n) is 2.44. The van der Waals surface area contributed by atoms with E-state index in [0.29, 0.717) is 13.2 Å². The molecule has 0 bridgehead atoms. The van der Waals surface area contributed by atoms with Gasteiger partial charge in [-0.25, -0.2) is 9.98 Å². The van der Waals surface area contributed by atoms with E-state index in [1.165, 1.54) is 11.1 Å². The zero-order valence-corrected chi connectivity index (χ0v) is 17.3. The number of aromatic nitrogens is 1. The molecule has 1 N–H and O–H groups in total. The van der Waals surface area contributed by atoms with Crippen LogP contribution >= 0.6 is 11.3 Å². The Morgan fingerprint density at radius 3 is 2.54 bits per heavy atom. The second-order valence-electron chi connectivity index (χ2n) is 6.56. The van der Waals surface area contributed by atoms with E-state index in [2.05, 4.69) is 65.6 Å². The maximum absolute atomic E-state index is 5.64. The smallest absolute Gasteiger partial charge is 0.194 e. The summed E-state index contributed by atoms with van der Waals surface area (Å²) in [7, 11) is 2.04. The maximum Gasteiger partial charge on any atom is 0.194 e. The maximum atomic E-state index is 5.64. The van der Waals surface area contributed by atoms with E-state index in [0.717, 1.165) is 29.8 Å². The van der Waals surface area contributed by atoms with Gasteiger partial charge in [-0.05, 0) is 38.8 Å². The van der Waals surface area contributed by atoms with Crippen LogP contribution < -0.4 is 5.32 Å². The second-order valence-corrected chi connectivity index (χ2v) is 7.62. The molecule has 142 valence electrons. The van der Waals surface area contributed by atoms with Crippen molar-refractivity contribution in [3.8, 4) is 0 Å². The van der Waals surface area contributed by atoms with Gasteiger partial charge in [0.2, 0.25) is 0 Å². The molecule has 6 heteroatoms. The van der Waals surface area contributed by atoms with E-state index in [1.807, 2.05) is 14.0 Å². The fraction of sp³-hybridized carbons (Fsp3) is 0.500. The van der Waals surface area contributed by atoms with E-state index in [1.54, 1.807) is 11.3 Å². The summed E-state index contributed by atoms with van der Waals surface area (Å²) in [5.74, 6) is 0.894. The number of ether oxygens (including phenoxy) is 1. The third kappa shape index (κ3) is 6.77. The summed E-state index contributed by atoms with van der Waals surface area (Å²) < 4.78 is 5.64. The normalized spacial score (nSPS) is 11.8. The molecule has 2 rings (SSSR count). The van der Waals surface area contributed by atoms with E-state index in [-0.39, 0.29) is 6.10 Å². The van der Waals surface area contributed by atoms with Crippen molar-refractivity contribution in [3.05, 3.63) is 51.5 Å². The largest absolute Gasteiger partial charge is 0.374 e. The van der Waals surface area contributed by atoms with Gasteiger partial charge in [0.05, 0.1) is 36.5 Å². The Hall–Kier alpha value is -1.92. The van der Waals surface area contributed by atoms with Crippen LogP contribution in [0, 0.1) is 6.92 Å². The molecule has 0 fully saturated rings. The molecular formula is C20H30N4OS. The fourth-order valence-corrected chi connectivity index (χ4v) is 3.04. The number of hydrogen-bond acceptors (Lipinski definition) is 4. The average molecular weight is 375 g/mol. The third-order valence-electron chi connectivity index (χ3n) is 3.78. The number of nitrogens with zero attached hydrogens (tertiary/aromatic N) is 3. The summed E-state index contributed by atoms with van der Waals surface area (Å²) in [5, 5.41) is 6.55. The van der Waals surface area contributed by atoms with Crippen LogP contribution in [-0.4, -0.2) is 35.5 Å². The van der Waals surface area contributed by atoms with Crippen molar-refractivity contribution in [3.63, 3.8) is 0 Å². The van der Waals surface area contributed by atoms with Gasteiger partial charge >= 0.3 is 0 Å². The number of thiazole rings is 1. The highest BCUT2D eigenvalue weighted by molar-refractivity contribution is 7.09. The van der Waals surface area contributed by atoms with Gasteiger partial charge in [-0.2, -0.15) is 0 Å². The van der Waals surface area contributed by atoms with E-state index in [4.69, 9.17) is 9.73 Å². The van der Waals surface area contributed by atoms with Crippen molar-refractivity contribution in [2.24, 2.45) is 4.99 Å². The highest BCUT2D eigenvalue weighted by atomic mass is 32.1. The molecule has 0 aliphatic heterocycles. The first kappa shape index (κ1) is 20.4. The Balaban J connectivity index is 1.96. The number of rotatable bonds is 8. The number of guanidine groups is 1. The van der Waals surface area contributed by atoms with Crippen LogP contribution in [0.3, 0.4) is 0 Å². The SMILES string of the molecule is CCNC(=NCc1ccc(COC(C)C)cc1)N(C)Cc1csc(C)n1. The minimum absolute atomic E-state index is 0.249. The van der Waals surface area contributed by atoms with Crippen molar-refractivity contribution < 1.29 is 4.74 Å². The van der Waals surface area contributed by atoms with Crippen LogP contribution in [0.15, 0.2) is 34.6 Å². The Kier molecular flexibility index (Phi) is 8.06. The molecule has 0 amide bonds. The molecule has 0 aliphatic carbocycles. The molecule has 0 radical (unpaired) electrons. The number of nitrogens with one attached hydrogen (secondary N) is 1. The topological polar surface area (TPSA) is 49.8 Å². The lowest BCUT2D eigenvalue weighted by atomic mass is 10.1. The van der Waals surface area contributed by atoms with Gasteiger partial charge in [-0.1, -0.05) is 24.3 Å². The Morgan fingerprint density at radius 1 is 1.27 bits per heavy atom. The van der Waals surface area contributed by atoms with Crippen LogP contribution in [0.1, 0.15) is 42.6 Å². The molecule has 0 saturated carbocycles. The van der Waals surface area contributed by atoms with Crippen molar-refractivity contribution >= 4 is 17.3 Å². The number of benzene rings is 1. The molecule has 1 aromatic carbocycles. The predicted octanol–water partition coefficient (Wildman–Crippen LogP) is 3.97. The van der Waals surface area contributed by atoms with Crippen LogP contribution in [0.25, 0.3) is 0 Å². The minimum atomic E-state index is 0.249. The van der Waals surface area contributed by atoms with Gasteiger partial charge in [0.1, 0.15) is 0 Å². The Bertz CT molecular complexity index is 694. The molecule has 0 aliphatic rings. The first-order valence-electron chi connectivity index (χ1n) is 9.07. The molecule has 0 saturated heterocycles. The zero-order valence-electron chi connectivity index (χ0n) is 16.5. The van der Waals surface area contributed by atoms with Crippen molar-refractivity contribution in [2.45, 2.75) is 53.5 Å². The molecular weight excluding hydrogens is 344 g/mol. The molecule has 0 unspecified atom stereocenters. The van der Waals surface area contributed by atoms with E-state index < -0.39 is 0 Å². The molecule has 1 heterocycles. The summed E-state index contributed by atoms with van der Waals surface area (Å²) in [6, 6.07) is 8.47. The lowest BCUT2D eigenvalue weighted by Crippen LogP contribution is -2.38. The quantitative estimate of drug-likeness (QED) is 0.561. The minimum Gasteiger partial charge on any atom is -0.374 e. The second kappa shape index (κ2) is 10.3. The molecule has 0 atom stereocenters. The average Bonchev–Trinajstić information content (AvgIpc) is 3.02. The highest BCUT2D eigenvalue weighted by Crippen LogP contribution is 2.11. The van der Waals surface area contributed by atoms with Gasteiger partial charge in [-0.15, -0.1) is 11.3 Å². The standard InChI is InChI=1S/C20H30N4OS/c1-6-21-20(24(5)12-19-14-26-16(4)23-19)22-11-17-7-9-18(10-8-17)13-25-15(2)3/h7-10,14-15H,6,11-13H2,1-5H3,(H,21,22). The number of hydrogen-bond donors (Lipinski definition) is 1. The Morgan fingerprint density at radius 2 is 1.96 bits per heavy atom. The first-order chi connectivity index (χ1) is 12.5. The molecule has 1 aromatic heterocycles. The monoisotopic (exact) mass is 374 g/mol. The lowest BCUT2D eigenvalue weighted by Gasteiger charge is -2.21. The lowest BCUT2D eigenvalue weighted by molar-refractivity contribution is 0.0657. The number of aliphatic imine (C=N–C) groups is 1. The van der Waals surface area contributed by atoms with Crippen molar-refractivity contribution in [1.29, 1.82) is 0 Å². The van der Waals surface area contributed by atoms with Gasteiger partial charge < -0.3 is 15.0 Å². The van der Waals surface area contributed by atoms with Crippen LogP contribution in [-0.2, 0) is 24.4 Å². The first-order valence-corrected chi connectivity index (χ1v) is 9.95. The van der Waals surface area contributed by atoms with Crippen molar-refractivity contribution in [2.75, 3.05) is 13.6 Å².